The first-order chi connectivity index (χ1) is 13.5. The summed E-state index contributed by atoms with van der Waals surface area (Å²) >= 11 is 5.96. The van der Waals surface area contributed by atoms with Crippen molar-refractivity contribution < 1.29 is 14.1 Å². The summed E-state index contributed by atoms with van der Waals surface area (Å²) in [5.41, 5.74) is 2.02. The van der Waals surface area contributed by atoms with Crippen LogP contribution < -0.4 is 4.74 Å². The summed E-state index contributed by atoms with van der Waals surface area (Å²) in [6.07, 6.45) is -0.669. The minimum absolute atomic E-state index is 0.169. The predicted molar refractivity (Wildman–Crippen MR) is 107 cm³/mol. The molecule has 0 fully saturated rings. The van der Waals surface area contributed by atoms with Crippen LogP contribution in [-0.2, 0) is 11.3 Å². The number of ether oxygens (including phenoxy) is 1. The number of amides is 1. The number of halogens is 1. The molecule has 146 valence electrons. The Morgan fingerprint density at radius 1 is 1.25 bits per heavy atom. The Bertz CT molecular complexity index is 940. The highest BCUT2D eigenvalue weighted by molar-refractivity contribution is 6.30. The molecule has 3 rings (SSSR count). The normalized spacial score (nSPS) is 11.9. The average molecular weight is 400 g/mol. The van der Waals surface area contributed by atoms with Crippen LogP contribution in [0.1, 0.15) is 25.3 Å². The van der Waals surface area contributed by atoms with E-state index in [1.165, 1.54) is 0 Å². The molecule has 0 saturated carbocycles. The molecule has 6 nitrogen and oxygen atoms in total. The fraction of sp³-hybridized carbons (Fsp3) is 0.286. The van der Waals surface area contributed by atoms with Crippen molar-refractivity contribution in [3.8, 4) is 17.1 Å². The zero-order valence-electron chi connectivity index (χ0n) is 16.1. The zero-order chi connectivity index (χ0) is 20.1. The molecule has 0 saturated heterocycles. The van der Waals surface area contributed by atoms with Gasteiger partial charge in [0.1, 0.15) is 12.3 Å². The third-order valence-corrected chi connectivity index (χ3v) is 4.49. The lowest BCUT2D eigenvalue weighted by Crippen LogP contribution is -2.40. The Labute approximate surface area is 169 Å². The molecule has 0 spiro atoms. The predicted octanol–water partition coefficient (Wildman–Crippen LogP) is 4.51. The largest absolute Gasteiger partial charge is 0.481 e. The van der Waals surface area contributed by atoms with E-state index in [-0.39, 0.29) is 12.5 Å². The van der Waals surface area contributed by atoms with Gasteiger partial charge in [-0.15, -0.1) is 0 Å². The van der Waals surface area contributed by atoms with Crippen molar-refractivity contribution in [3.05, 3.63) is 65.0 Å². The van der Waals surface area contributed by atoms with Gasteiger partial charge < -0.3 is 14.2 Å². The molecule has 1 aromatic heterocycles. The summed E-state index contributed by atoms with van der Waals surface area (Å²) in [5.74, 6) is 1.25. The molecule has 1 heterocycles. The highest BCUT2D eigenvalue weighted by Gasteiger charge is 2.23. The summed E-state index contributed by atoms with van der Waals surface area (Å²) in [7, 11) is 0. The van der Waals surface area contributed by atoms with Gasteiger partial charge in [-0.25, -0.2) is 0 Å². The van der Waals surface area contributed by atoms with E-state index in [0.717, 1.165) is 11.1 Å². The number of nitrogens with zero attached hydrogens (tertiary/aromatic N) is 3. The molecule has 0 unspecified atom stereocenters. The molecule has 2 aromatic carbocycles. The van der Waals surface area contributed by atoms with Crippen molar-refractivity contribution in [1.29, 1.82) is 0 Å². The van der Waals surface area contributed by atoms with E-state index in [4.69, 9.17) is 20.9 Å². The summed E-state index contributed by atoms with van der Waals surface area (Å²) in [5, 5.41) is 4.57. The molecule has 1 atom stereocenters. The quantitative estimate of drug-likeness (QED) is 0.584. The molecule has 7 heteroatoms. The smallest absolute Gasteiger partial charge is 0.263 e. The van der Waals surface area contributed by atoms with Crippen molar-refractivity contribution in [2.45, 2.75) is 33.4 Å². The number of aryl methyl sites for hydroxylation is 1. The van der Waals surface area contributed by atoms with E-state index < -0.39 is 6.10 Å². The zero-order valence-corrected chi connectivity index (χ0v) is 16.8. The second-order valence-electron chi connectivity index (χ2n) is 6.45. The Hall–Kier alpha value is -2.86. The first-order valence-electron chi connectivity index (χ1n) is 9.07. The van der Waals surface area contributed by atoms with Gasteiger partial charge in [-0.2, -0.15) is 4.98 Å². The third-order valence-electron chi connectivity index (χ3n) is 4.25. The van der Waals surface area contributed by atoms with Crippen LogP contribution in [0.5, 0.6) is 5.75 Å². The molecule has 0 aliphatic heterocycles. The van der Waals surface area contributed by atoms with E-state index >= 15 is 0 Å². The van der Waals surface area contributed by atoms with Crippen LogP contribution in [0, 0.1) is 6.92 Å². The molecule has 28 heavy (non-hydrogen) atoms. The summed E-state index contributed by atoms with van der Waals surface area (Å²) in [6, 6.07) is 14.8. The van der Waals surface area contributed by atoms with Gasteiger partial charge in [0.2, 0.25) is 11.7 Å². The number of hydrogen-bond acceptors (Lipinski definition) is 5. The molecule has 0 aliphatic rings. The molecular weight excluding hydrogens is 378 g/mol. The van der Waals surface area contributed by atoms with Crippen LogP contribution in [0.3, 0.4) is 0 Å². The molecule has 0 N–H and O–H groups in total. The molecular formula is C21H22ClN3O3. The van der Waals surface area contributed by atoms with Crippen molar-refractivity contribution in [1.82, 2.24) is 15.0 Å². The lowest BCUT2D eigenvalue weighted by atomic mass is 10.1. The molecule has 0 aliphatic carbocycles. The Balaban J connectivity index is 1.66. The number of benzene rings is 2. The van der Waals surface area contributed by atoms with Crippen molar-refractivity contribution in [2.24, 2.45) is 0 Å². The number of likely N-dealkylation sites (N-methyl/N-ethyl adjacent to an activating group) is 1. The van der Waals surface area contributed by atoms with Crippen LogP contribution in [-0.4, -0.2) is 33.6 Å². The Morgan fingerprint density at radius 2 is 2.00 bits per heavy atom. The number of hydrogen-bond donors (Lipinski definition) is 0. The maximum absolute atomic E-state index is 12.8. The van der Waals surface area contributed by atoms with Gasteiger partial charge in [0.05, 0.1) is 0 Å². The van der Waals surface area contributed by atoms with Gasteiger partial charge in [-0.3, -0.25) is 4.79 Å². The SMILES string of the molecule is CCN(Cc1nc(-c2ccc(C)cc2)no1)C(=O)[C@H](C)Oc1cccc(Cl)c1. The van der Waals surface area contributed by atoms with Gasteiger partial charge in [0.15, 0.2) is 6.10 Å². The number of carbonyl (C=O) groups excluding carboxylic acids is 1. The number of carbonyl (C=O) groups is 1. The fourth-order valence-electron chi connectivity index (χ4n) is 2.70. The molecule has 1 amide bonds. The van der Waals surface area contributed by atoms with Crippen molar-refractivity contribution in [2.75, 3.05) is 6.54 Å². The summed E-state index contributed by atoms with van der Waals surface area (Å²) in [6.45, 7) is 6.32. The minimum atomic E-state index is -0.669. The van der Waals surface area contributed by atoms with Crippen LogP contribution in [0.15, 0.2) is 53.1 Å². The van der Waals surface area contributed by atoms with Gasteiger partial charge >= 0.3 is 0 Å². The second kappa shape index (κ2) is 8.89. The highest BCUT2D eigenvalue weighted by atomic mass is 35.5. The molecule has 0 radical (unpaired) electrons. The lowest BCUT2D eigenvalue weighted by molar-refractivity contribution is -0.138. The maximum Gasteiger partial charge on any atom is 0.263 e. The Morgan fingerprint density at radius 3 is 2.68 bits per heavy atom. The standard InChI is InChI=1S/C21H22ClN3O3/c1-4-25(21(26)15(3)27-18-7-5-6-17(22)12-18)13-19-23-20(24-28-19)16-10-8-14(2)9-11-16/h5-12,15H,4,13H2,1-3H3/t15-/m0/s1. The monoisotopic (exact) mass is 399 g/mol. The van der Waals surface area contributed by atoms with Crippen LogP contribution in [0.4, 0.5) is 0 Å². The van der Waals surface area contributed by atoms with Crippen molar-refractivity contribution in [3.63, 3.8) is 0 Å². The second-order valence-corrected chi connectivity index (χ2v) is 6.88. The van der Waals surface area contributed by atoms with E-state index in [0.29, 0.717) is 29.0 Å². The topological polar surface area (TPSA) is 68.5 Å². The highest BCUT2D eigenvalue weighted by Crippen LogP contribution is 2.20. The fourth-order valence-corrected chi connectivity index (χ4v) is 2.88. The van der Waals surface area contributed by atoms with E-state index in [9.17, 15) is 4.79 Å². The van der Waals surface area contributed by atoms with Gasteiger partial charge in [0, 0.05) is 17.1 Å². The third kappa shape index (κ3) is 4.89. The van der Waals surface area contributed by atoms with E-state index in [1.807, 2.05) is 38.1 Å². The Kier molecular flexibility index (Phi) is 6.31. The van der Waals surface area contributed by atoms with Crippen LogP contribution in [0.25, 0.3) is 11.4 Å². The number of rotatable bonds is 7. The van der Waals surface area contributed by atoms with E-state index in [1.54, 1.807) is 36.1 Å². The van der Waals surface area contributed by atoms with Gasteiger partial charge in [-0.05, 0) is 39.0 Å². The molecule has 0 bridgehead atoms. The van der Waals surface area contributed by atoms with E-state index in [2.05, 4.69) is 10.1 Å². The summed E-state index contributed by atoms with van der Waals surface area (Å²) in [4.78, 5) is 18.8. The maximum atomic E-state index is 12.8. The minimum Gasteiger partial charge on any atom is -0.481 e. The first kappa shape index (κ1) is 19.9. The first-order valence-corrected chi connectivity index (χ1v) is 9.44. The van der Waals surface area contributed by atoms with Crippen molar-refractivity contribution >= 4 is 17.5 Å². The van der Waals surface area contributed by atoms with Crippen LogP contribution >= 0.6 is 11.6 Å². The molecule has 3 aromatic rings. The average Bonchev–Trinajstić information content (AvgIpc) is 3.14. The number of aromatic nitrogens is 2. The van der Waals surface area contributed by atoms with Gasteiger partial charge in [-0.1, -0.05) is 52.7 Å². The summed E-state index contributed by atoms with van der Waals surface area (Å²) < 4.78 is 11.1. The lowest BCUT2D eigenvalue weighted by Gasteiger charge is -2.23. The van der Waals surface area contributed by atoms with Crippen LogP contribution in [0.2, 0.25) is 5.02 Å². The van der Waals surface area contributed by atoms with Gasteiger partial charge in [0.25, 0.3) is 5.91 Å².